The number of nitrogens with zero attached hydrogens (tertiary/aromatic N) is 1. The Morgan fingerprint density at radius 1 is 1.13 bits per heavy atom. The van der Waals surface area contributed by atoms with Crippen molar-refractivity contribution in [2.75, 3.05) is 12.3 Å². The number of aromatic nitrogens is 3. The molecule has 2 heterocycles. The standard InChI is InChI=1S/C23H25N5O2/c1-2-6-19(29)25-12-5-7-14-10-11-16-15(13-14)20(24)21(26-16)22-23(30)28-18-9-4-3-8-17(18)27-22/h3-4,8-11,13,26H,2,5-7,12,24H2,1H3,(H,25,29)(H,28,30). The van der Waals surface area contributed by atoms with Crippen LogP contribution in [0.25, 0.3) is 33.3 Å². The summed E-state index contributed by atoms with van der Waals surface area (Å²) < 4.78 is 0. The number of amides is 1. The van der Waals surface area contributed by atoms with Gasteiger partial charge in [0.25, 0.3) is 5.56 Å². The number of rotatable bonds is 7. The van der Waals surface area contributed by atoms with Gasteiger partial charge in [-0.05, 0) is 49.1 Å². The number of H-pyrrole nitrogens is 2. The SMILES string of the molecule is CCCC(=O)NCCCc1ccc2[nH]c(-c3nc4ccccc4[nH]c3=O)c(N)c2c1. The molecule has 2 aromatic heterocycles. The number of para-hydroxylation sites is 2. The number of aromatic amines is 2. The first-order chi connectivity index (χ1) is 14.6. The number of anilines is 1. The van der Waals surface area contributed by atoms with Crippen LogP contribution in [0.1, 0.15) is 31.7 Å². The molecule has 0 unspecified atom stereocenters. The molecular formula is C23H25N5O2. The highest BCUT2D eigenvalue weighted by Gasteiger charge is 2.16. The first-order valence-corrected chi connectivity index (χ1v) is 10.2. The maximum absolute atomic E-state index is 12.6. The van der Waals surface area contributed by atoms with Gasteiger partial charge in [-0.3, -0.25) is 9.59 Å². The van der Waals surface area contributed by atoms with Crippen molar-refractivity contribution in [3.05, 3.63) is 58.4 Å². The van der Waals surface area contributed by atoms with E-state index in [0.717, 1.165) is 35.7 Å². The number of benzene rings is 2. The monoisotopic (exact) mass is 403 g/mol. The number of hydrogen-bond acceptors (Lipinski definition) is 4. The van der Waals surface area contributed by atoms with Gasteiger partial charge in [0, 0.05) is 23.9 Å². The van der Waals surface area contributed by atoms with E-state index in [2.05, 4.69) is 20.3 Å². The smallest absolute Gasteiger partial charge is 0.276 e. The third-order valence-electron chi connectivity index (χ3n) is 5.18. The minimum Gasteiger partial charge on any atom is -0.396 e. The number of aryl methyl sites for hydroxylation is 1. The molecule has 0 saturated carbocycles. The van der Waals surface area contributed by atoms with Crippen LogP contribution in [0.3, 0.4) is 0 Å². The van der Waals surface area contributed by atoms with Crippen LogP contribution in [0.2, 0.25) is 0 Å². The minimum atomic E-state index is -0.282. The van der Waals surface area contributed by atoms with E-state index in [1.807, 2.05) is 49.4 Å². The number of carbonyl (C=O) groups excluding carboxylic acids is 1. The summed E-state index contributed by atoms with van der Waals surface area (Å²) in [7, 11) is 0. The summed E-state index contributed by atoms with van der Waals surface area (Å²) in [6.07, 6.45) is 3.10. The first-order valence-electron chi connectivity index (χ1n) is 10.2. The zero-order chi connectivity index (χ0) is 21.1. The van der Waals surface area contributed by atoms with Crippen LogP contribution in [-0.4, -0.2) is 27.4 Å². The van der Waals surface area contributed by atoms with Crippen molar-refractivity contribution in [1.29, 1.82) is 0 Å². The second-order valence-electron chi connectivity index (χ2n) is 7.43. The Hall–Kier alpha value is -3.61. The number of nitrogens with two attached hydrogens (primary N) is 1. The molecule has 30 heavy (non-hydrogen) atoms. The number of fused-ring (bicyclic) bond motifs is 2. The summed E-state index contributed by atoms with van der Waals surface area (Å²) in [6.45, 7) is 2.65. The second kappa shape index (κ2) is 8.41. The van der Waals surface area contributed by atoms with Gasteiger partial charge >= 0.3 is 0 Å². The van der Waals surface area contributed by atoms with Gasteiger partial charge in [-0.15, -0.1) is 0 Å². The van der Waals surface area contributed by atoms with E-state index in [9.17, 15) is 9.59 Å². The van der Waals surface area contributed by atoms with Crippen LogP contribution in [0.4, 0.5) is 5.69 Å². The van der Waals surface area contributed by atoms with Crippen LogP contribution in [0.15, 0.2) is 47.3 Å². The molecule has 4 aromatic rings. The van der Waals surface area contributed by atoms with Gasteiger partial charge in [0.1, 0.15) is 0 Å². The van der Waals surface area contributed by atoms with Crippen LogP contribution in [0.5, 0.6) is 0 Å². The molecule has 0 saturated heterocycles. The lowest BCUT2D eigenvalue weighted by atomic mass is 10.1. The van der Waals surface area contributed by atoms with Gasteiger partial charge in [-0.1, -0.05) is 25.1 Å². The Kier molecular flexibility index (Phi) is 5.52. The van der Waals surface area contributed by atoms with E-state index in [1.165, 1.54) is 0 Å². The molecule has 0 radical (unpaired) electrons. The van der Waals surface area contributed by atoms with Crippen molar-refractivity contribution >= 4 is 33.5 Å². The zero-order valence-electron chi connectivity index (χ0n) is 16.9. The Balaban J connectivity index is 1.58. The van der Waals surface area contributed by atoms with Crippen molar-refractivity contribution in [3.8, 4) is 11.4 Å². The van der Waals surface area contributed by atoms with Gasteiger partial charge < -0.3 is 21.0 Å². The summed E-state index contributed by atoms with van der Waals surface area (Å²) in [5.41, 5.74) is 10.8. The molecule has 0 aliphatic heterocycles. The predicted octanol–water partition coefficient (Wildman–Crippen LogP) is 3.50. The Morgan fingerprint density at radius 2 is 1.97 bits per heavy atom. The number of carbonyl (C=O) groups is 1. The summed E-state index contributed by atoms with van der Waals surface area (Å²) in [4.78, 5) is 34.8. The quantitative estimate of drug-likeness (QED) is 0.353. The molecule has 0 bridgehead atoms. The van der Waals surface area contributed by atoms with Crippen LogP contribution in [0, 0.1) is 0 Å². The highest BCUT2D eigenvalue weighted by Crippen LogP contribution is 2.31. The molecule has 0 aliphatic rings. The molecule has 0 atom stereocenters. The fourth-order valence-electron chi connectivity index (χ4n) is 3.64. The Labute approximate surface area is 173 Å². The fraction of sp³-hybridized carbons (Fsp3) is 0.261. The van der Waals surface area contributed by atoms with Gasteiger partial charge in [0.05, 0.1) is 22.4 Å². The number of nitrogen functional groups attached to an aromatic ring is 1. The summed E-state index contributed by atoms with van der Waals surface area (Å²) >= 11 is 0. The van der Waals surface area contributed by atoms with Gasteiger partial charge in [0.15, 0.2) is 5.69 Å². The zero-order valence-corrected chi connectivity index (χ0v) is 16.9. The van der Waals surface area contributed by atoms with Gasteiger partial charge in [0.2, 0.25) is 5.91 Å². The van der Waals surface area contributed by atoms with Crippen molar-refractivity contribution in [1.82, 2.24) is 20.3 Å². The summed E-state index contributed by atoms with van der Waals surface area (Å²) in [6, 6.07) is 13.4. The van der Waals surface area contributed by atoms with Crippen molar-refractivity contribution < 1.29 is 4.79 Å². The van der Waals surface area contributed by atoms with E-state index in [0.29, 0.717) is 35.4 Å². The topological polar surface area (TPSA) is 117 Å². The average Bonchev–Trinajstić information content (AvgIpc) is 3.07. The molecule has 7 nitrogen and oxygen atoms in total. The van der Waals surface area contributed by atoms with Crippen molar-refractivity contribution in [2.45, 2.75) is 32.6 Å². The largest absolute Gasteiger partial charge is 0.396 e. The van der Waals surface area contributed by atoms with E-state index < -0.39 is 0 Å². The van der Waals surface area contributed by atoms with Crippen LogP contribution in [-0.2, 0) is 11.2 Å². The molecule has 1 amide bonds. The molecule has 2 aromatic carbocycles. The Morgan fingerprint density at radius 3 is 2.80 bits per heavy atom. The number of hydrogen-bond donors (Lipinski definition) is 4. The normalized spacial score (nSPS) is 11.2. The summed E-state index contributed by atoms with van der Waals surface area (Å²) in [5, 5.41) is 3.80. The number of nitrogens with one attached hydrogen (secondary N) is 3. The molecular weight excluding hydrogens is 378 g/mol. The molecule has 5 N–H and O–H groups in total. The maximum atomic E-state index is 12.6. The highest BCUT2D eigenvalue weighted by molar-refractivity contribution is 6.00. The second-order valence-corrected chi connectivity index (χ2v) is 7.43. The summed E-state index contributed by atoms with van der Waals surface area (Å²) in [5.74, 6) is 0.0978. The molecule has 4 rings (SSSR count). The molecule has 0 spiro atoms. The lowest BCUT2D eigenvalue weighted by Gasteiger charge is -2.05. The van der Waals surface area contributed by atoms with Gasteiger partial charge in [-0.25, -0.2) is 4.98 Å². The highest BCUT2D eigenvalue weighted by atomic mass is 16.1. The molecule has 7 heteroatoms. The minimum absolute atomic E-state index is 0.0978. The first kappa shape index (κ1) is 19.7. The lowest BCUT2D eigenvalue weighted by Crippen LogP contribution is -2.24. The maximum Gasteiger partial charge on any atom is 0.276 e. The average molecular weight is 403 g/mol. The van der Waals surface area contributed by atoms with Crippen molar-refractivity contribution in [2.24, 2.45) is 0 Å². The lowest BCUT2D eigenvalue weighted by molar-refractivity contribution is -0.121. The third-order valence-corrected chi connectivity index (χ3v) is 5.18. The van der Waals surface area contributed by atoms with Gasteiger partial charge in [-0.2, -0.15) is 0 Å². The molecule has 0 fully saturated rings. The van der Waals surface area contributed by atoms with Crippen molar-refractivity contribution in [3.63, 3.8) is 0 Å². The van der Waals surface area contributed by atoms with Crippen LogP contribution >= 0.6 is 0 Å². The molecule has 154 valence electrons. The van der Waals surface area contributed by atoms with E-state index >= 15 is 0 Å². The fourth-order valence-corrected chi connectivity index (χ4v) is 3.64. The third kappa shape index (κ3) is 3.91. The van der Waals surface area contributed by atoms with Crippen LogP contribution < -0.4 is 16.6 Å². The predicted molar refractivity (Wildman–Crippen MR) is 120 cm³/mol. The van der Waals surface area contributed by atoms with E-state index in [4.69, 9.17) is 5.73 Å². The molecule has 0 aliphatic carbocycles. The van der Waals surface area contributed by atoms with E-state index in [1.54, 1.807) is 0 Å². The van der Waals surface area contributed by atoms with E-state index in [-0.39, 0.29) is 17.2 Å². The Bertz CT molecular complexity index is 1270.